The lowest BCUT2D eigenvalue weighted by Gasteiger charge is -2.17. The zero-order chi connectivity index (χ0) is 11.8. The van der Waals surface area contributed by atoms with E-state index in [1.165, 1.54) is 6.07 Å². The fraction of sp³-hybridized carbons (Fsp3) is 0.167. The summed E-state index contributed by atoms with van der Waals surface area (Å²) in [4.78, 5) is 0. The SMILES string of the molecule is OC(c1cccc2ccccc12)C(F)(F)Cl. The minimum Gasteiger partial charge on any atom is -0.381 e. The van der Waals surface area contributed by atoms with E-state index in [2.05, 4.69) is 0 Å². The average molecular weight is 243 g/mol. The van der Waals surface area contributed by atoms with Gasteiger partial charge in [-0.05, 0) is 27.9 Å². The van der Waals surface area contributed by atoms with E-state index in [1.807, 2.05) is 0 Å². The van der Waals surface area contributed by atoms with Crippen molar-refractivity contribution in [3.8, 4) is 0 Å². The van der Waals surface area contributed by atoms with E-state index in [-0.39, 0.29) is 5.56 Å². The Kier molecular flexibility index (Phi) is 2.82. The highest BCUT2D eigenvalue weighted by Crippen LogP contribution is 2.37. The van der Waals surface area contributed by atoms with Gasteiger partial charge in [0.2, 0.25) is 0 Å². The molecule has 0 aliphatic rings. The van der Waals surface area contributed by atoms with Crippen LogP contribution in [0.4, 0.5) is 8.78 Å². The molecule has 0 bridgehead atoms. The van der Waals surface area contributed by atoms with Crippen molar-refractivity contribution >= 4 is 22.4 Å². The van der Waals surface area contributed by atoms with Gasteiger partial charge < -0.3 is 5.11 Å². The zero-order valence-corrected chi connectivity index (χ0v) is 8.96. The Morgan fingerprint density at radius 2 is 1.69 bits per heavy atom. The van der Waals surface area contributed by atoms with Crippen molar-refractivity contribution in [1.29, 1.82) is 0 Å². The molecule has 84 valence electrons. The van der Waals surface area contributed by atoms with Gasteiger partial charge in [-0.3, -0.25) is 0 Å². The third kappa shape index (κ3) is 2.01. The average Bonchev–Trinajstić information content (AvgIpc) is 2.26. The van der Waals surface area contributed by atoms with Crippen molar-refractivity contribution < 1.29 is 13.9 Å². The van der Waals surface area contributed by atoms with Gasteiger partial charge in [0.05, 0.1) is 0 Å². The smallest absolute Gasteiger partial charge is 0.351 e. The fourth-order valence-electron chi connectivity index (χ4n) is 1.67. The quantitative estimate of drug-likeness (QED) is 0.796. The second kappa shape index (κ2) is 4.00. The Morgan fingerprint density at radius 3 is 2.38 bits per heavy atom. The molecule has 1 unspecified atom stereocenters. The normalized spacial score (nSPS) is 14.0. The molecule has 2 aromatic carbocycles. The van der Waals surface area contributed by atoms with Crippen molar-refractivity contribution in [2.24, 2.45) is 0 Å². The molecule has 0 fully saturated rings. The highest BCUT2D eigenvalue weighted by molar-refractivity contribution is 6.22. The van der Waals surface area contributed by atoms with Crippen LogP contribution in [-0.2, 0) is 0 Å². The standard InChI is InChI=1S/C12H9ClF2O/c13-12(14,15)11(16)10-7-3-5-8-4-1-2-6-9(8)10/h1-7,11,16H. The Morgan fingerprint density at radius 1 is 1.06 bits per heavy atom. The lowest BCUT2D eigenvalue weighted by Crippen LogP contribution is -2.19. The summed E-state index contributed by atoms with van der Waals surface area (Å²) in [5.74, 6) is 0. The summed E-state index contributed by atoms with van der Waals surface area (Å²) in [5.41, 5.74) is 0.137. The van der Waals surface area contributed by atoms with Gasteiger partial charge in [-0.25, -0.2) is 0 Å². The van der Waals surface area contributed by atoms with Gasteiger partial charge in [-0.15, -0.1) is 0 Å². The maximum absolute atomic E-state index is 12.8. The molecule has 0 aliphatic carbocycles. The molecule has 16 heavy (non-hydrogen) atoms. The number of halogens is 3. The van der Waals surface area contributed by atoms with Crippen molar-refractivity contribution in [2.45, 2.75) is 11.5 Å². The molecule has 0 radical (unpaired) electrons. The first-order chi connectivity index (χ1) is 7.50. The predicted octanol–water partition coefficient (Wildman–Crippen LogP) is 3.70. The molecular weight excluding hydrogens is 234 g/mol. The van der Waals surface area contributed by atoms with Crippen LogP contribution in [0.3, 0.4) is 0 Å². The van der Waals surface area contributed by atoms with Crippen LogP contribution in [0.15, 0.2) is 42.5 Å². The summed E-state index contributed by atoms with van der Waals surface area (Å²) in [5, 5.41) is 7.18. The van der Waals surface area contributed by atoms with E-state index in [9.17, 15) is 13.9 Å². The Bertz CT molecular complexity index is 502. The summed E-state index contributed by atoms with van der Waals surface area (Å²) < 4.78 is 25.7. The minimum absolute atomic E-state index is 0.137. The lowest BCUT2D eigenvalue weighted by molar-refractivity contribution is -0.0417. The summed E-state index contributed by atoms with van der Waals surface area (Å²) in [7, 11) is 0. The summed E-state index contributed by atoms with van der Waals surface area (Å²) in [6.45, 7) is 0. The molecular formula is C12H9ClF2O. The largest absolute Gasteiger partial charge is 0.381 e. The van der Waals surface area contributed by atoms with Crippen LogP contribution in [0.25, 0.3) is 10.8 Å². The van der Waals surface area contributed by atoms with Crippen LogP contribution in [0.2, 0.25) is 0 Å². The highest BCUT2D eigenvalue weighted by atomic mass is 35.5. The summed E-state index contributed by atoms with van der Waals surface area (Å²) >= 11 is 4.84. The molecule has 2 aromatic rings. The number of rotatable bonds is 2. The second-order valence-corrected chi connectivity index (χ2v) is 4.02. The van der Waals surface area contributed by atoms with Gasteiger partial charge in [0.15, 0.2) is 6.10 Å². The van der Waals surface area contributed by atoms with Gasteiger partial charge in [0, 0.05) is 0 Å². The molecule has 1 N–H and O–H groups in total. The van der Waals surface area contributed by atoms with E-state index in [0.717, 1.165) is 5.39 Å². The molecule has 4 heteroatoms. The van der Waals surface area contributed by atoms with Gasteiger partial charge in [0.1, 0.15) is 0 Å². The third-order valence-electron chi connectivity index (χ3n) is 2.43. The fourth-order valence-corrected chi connectivity index (χ4v) is 1.78. The van der Waals surface area contributed by atoms with Crippen LogP contribution >= 0.6 is 11.6 Å². The van der Waals surface area contributed by atoms with Crippen LogP contribution in [0.5, 0.6) is 0 Å². The van der Waals surface area contributed by atoms with E-state index in [4.69, 9.17) is 11.6 Å². The Hall–Kier alpha value is -1.19. The number of aliphatic hydroxyl groups excluding tert-OH is 1. The van der Waals surface area contributed by atoms with Gasteiger partial charge >= 0.3 is 5.38 Å². The van der Waals surface area contributed by atoms with Gasteiger partial charge in [0.25, 0.3) is 0 Å². The second-order valence-electron chi connectivity index (χ2n) is 3.51. The molecule has 0 amide bonds. The molecule has 0 spiro atoms. The molecule has 0 aliphatic heterocycles. The molecule has 2 rings (SSSR count). The summed E-state index contributed by atoms with van der Waals surface area (Å²) in [6.07, 6.45) is -2.00. The number of hydrogen-bond acceptors (Lipinski definition) is 1. The number of fused-ring (bicyclic) bond motifs is 1. The van der Waals surface area contributed by atoms with E-state index >= 15 is 0 Å². The Labute approximate surface area is 96.3 Å². The van der Waals surface area contributed by atoms with Crippen LogP contribution in [-0.4, -0.2) is 10.5 Å². The third-order valence-corrected chi connectivity index (χ3v) is 2.63. The zero-order valence-electron chi connectivity index (χ0n) is 8.20. The lowest BCUT2D eigenvalue weighted by atomic mass is 10.0. The number of alkyl halides is 3. The van der Waals surface area contributed by atoms with E-state index < -0.39 is 11.5 Å². The van der Waals surface area contributed by atoms with Crippen LogP contribution < -0.4 is 0 Å². The van der Waals surface area contributed by atoms with Crippen LogP contribution in [0.1, 0.15) is 11.7 Å². The van der Waals surface area contributed by atoms with Gasteiger partial charge in [-0.2, -0.15) is 8.78 Å². The Balaban J connectivity index is 2.61. The first-order valence-electron chi connectivity index (χ1n) is 4.72. The van der Waals surface area contributed by atoms with Crippen molar-refractivity contribution in [2.75, 3.05) is 0 Å². The minimum atomic E-state index is -3.66. The molecule has 1 nitrogen and oxygen atoms in total. The maximum Gasteiger partial charge on any atom is 0.351 e. The predicted molar refractivity (Wildman–Crippen MR) is 59.7 cm³/mol. The van der Waals surface area contributed by atoms with Crippen molar-refractivity contribution in [3.05, 3.63) is 48.0 Å². The monoisotopic (exact) mass is 242 g/mol. The first kappa shape index (κ1) is 11.3. The summed E-state index contributed by atoms with van der Waals surface area (Å²) in [6, 6.07) is 11.8. The molecule has 0 heterocycles. The number of hydrogen-bond donors (Lipinski definition) is 1. The maximum atomic E-state index is 12.8. The van der Waals surface area contributed by atoms with E-state index in [1.54, 1.807) is 36.4 Å². The number of benzene rings is 2. The molecule has 0 saturated carbocycles. The number of aliphatic hydroxyl groups is 1. The van der Waals surface area contributed by atoms with E-state index in [0.29, 0.717) is 5.39 Å². The first-order valence-corrected chi connectivity index (χ1v) is 5.10. The van der Waals surface area contributed by atoms with Crippen LogP contribution in [0, 0.1) is 0 Å². The highest BCUT2D eigenvalue weighted by Gasteiger charge is 2.37. The van der Waals surface area contributed by atoms with Gasteiger partial charge in [-0.1, -0.05) is 42.5 Å². The molecule has 1 atom stereocenters. The molecule has 0 saturated heterocycles. The van der Waals surface area contributed by atoms with Crippen molar-refractivity contribution in [1.82, 2.24) is 0 Å². The topological polar surface area (TPSA) is 20.2 Å². The molecule has 0 aromatic heterocycles. The van der Waals surface area contributed by atoms with Crippen molar-refractivity contribution in [3.63, 3.8) is 0 Å².